The topological polar surface area (TPSA) is 98.7 Å². The van der Waals surface area contributed by atoms with Gasteiger partial charge in [0, 0.05) is 13.1 Å². The molecule has 1 aliphatic carbocycles. The molecule has 0 heterocycles. The maximum absolute atomic E-state index is 11.7. The summed E-state index contributed by atoms with van der Waals surface area (Å²) < 4.78 is 0. The average Bonchev–Trinajstić information content (AvgIpc) is 2.86. The lowest BCUT2D eigenvalue weighted by Crippen LogP contribution is -2.46. The first-order valence-corrected chi connectivity index (χ1v) is 6.71. The molecule has 20 heavy (non-hydrogen) atoms. The van der Waals surface area contributed by atoms with E-state index in [-0.39, 0.29) is 18.5 Å². The minimum Gasteiger partial charge on any atom is -0.481 e. The normalized spacial score (nSPS) is 20.5. The van der Waals surface area contributed by atoms with Crippen LogP contribution in [0.4, 0.5) is 4.79 Å². The average molecular weight is 283 g/mol. The highest BCUT2D eigenvalue weighted by Crippen LogP contribution is 2.17. The minimum absolute atomic E-state index is 0.0632. The summed E-state index contributed by atoms with van der Waals surface area (Å²) in [6, 6.07) is -0.772. The fraction of sp³-hybridized carbons (Fsp3) is 0.615. The molecule has 0 radical (unpaired) electrons. The number of hydrogen-bond donors (Lipinski definition) is 3. The van der Waals surface area contributed by atoms with Crippen LogP contribution in [0, 0.1) is 5.92 Å². The Kier molecular flexibility index (Phi) is 6.02. The van der Waals surface area contributed by atoms with Crippen molar-refractivity contribution in [3.05, 3.63) is 12.2 Å². The number of carbonyl (C=O) groups is 3. The molecule has 2 atom stereocenters. The molecule has 0 bridgehead atoms. The third kappa shape index (κ3) is 4.56. The van der Waals surface area contributed by atoms with E-state index in [2.05, 4.69) is 10.6 Å². The van der Waals surface area contributed by atoms with Gasteiger partial charge >= 0.3 is 12.0 Å². The molecule has 1 rings (SSSR count). The lowest BCUT2D eigenvalue weighted by Gasteiger charge is -2.19. The second-order valence-electron chi connectivity index (χ2n) is 4.56. The number of carbonyl (C=O) groups excluding carboxylic acids is 2. The van der Waals surface area contributed by atoms with Crippen molar-refractivity contribution in [3.63, 3.8) is 0 Å². The van der Waals surface area contributed by atoms with E-state index >= 15 is 0 Å². The molecular weight excluding hydrogens is 262 g/mol. The summed E-state index contributed by atoms with van der Waals surface area (Å²) in [4.78, 5) is 35.7. The molecule has 0 aromatic rings. The highest BCUT2D eigenvalue weighted by molar-refractivity contribution is 5.84. The molecule has 7 heteroatoms. The van der Waals surface area contributed by atoms with Crippen LogP contribution in [0.2, 0.25) is 0 Å². The standard InChI is InChI=1S/C13H21N3O4/c1-3-16(4-2)11(17)8-14-13(20)15-10-6-5-9(7-10)12(18)19/h5-6,9-10H,3-4,7-8H2,1-2H3,(H,18,19)(H2,14,15,20). The van der Waals surface area contributed by atoms with E-state index in [1.807, 2.05) is 13.8 Å². The monoisotopic (exact) mass is 283 g/mol. The number of carboxylic acid groups (broad SMARTS) is 1. The van der Waals surface area contributed by atoms with Gasteiger partial charge in [-0.05, 0) is 20.3 Å². The van der Waals surface area contributed by atoms with Crippen molar-refractivity contribution in [3.8, 4) is 0 Å². The zero-order chi connectivity index (χ0) is 15.1. The van der Waals surface area contributed by atoms with Crippen LogP contribution < -0.4 is 10.6 Å². The predicted octanol–water partition coefficient (Wildman–Crippen LogP) is 0.183. The van der Waals surface area contributed by atoms with Crippen LogP contribution in [-0.2, 0) is 9.59 Å². The molecule has 0 aromatic carbocycles. The maximum atomic E-state index is 11.7. The van der Waals surface area contributed by atoms with Gasteiger partial charge in [-0.2, -0.15) is 0 Å². The summed E-state index contributed by atoms with van der Waals surface area (Å²) in [5.74, 6) is -1.60. The van der Waals surface area contributed by atoms with Gasteiger partial charge in [0.2, 0.25) is 5.91 Å². The third-order valence-electron chi connectivity index (χ3n) is 3.23. The molecule has 2 unspecified atom stereocenters. The number of aliphatic carboxylic acids is 1. The van der Waals surface area contributed by atoms with Crippen LogP contribution in [0.5, 0.6) is 0 Å². The molecular formula is C13H21N3O4. The van der Waals surface area contributed by atoms with Crippen LogP contribution in [-0.4, -0.2) is 53.6 Å². The minimum atomic E-state index is -0.900. The molecule has 0 aromatic heterocycles. The molecule has 7 nitrogen and oxygen atoms in total. The van der Waals surface area contributed by atoms with E-state index in [1.54, 1.807) is 17.1 Å². The molecule has 0 saturated heterocycles. The summed E-state index contributed by atoms with van der Waals surface area (Å²) in [5.41, 5.74) is 0. The van der Waals surface area contributed by atoms with Gasteiger partial charge in [0.15, 0.2) is 0 Å². The van der Waals surface area contributed by atoms with Crippen molar-refractivity contribution in [2.75, 3.05) is 19.6 Å². The zero-order valence-corrected chi connectivity index (χ0v) is 11.8. The number of nitrogens with one attached hydrogen (secondary N) is 2. The van der Waals surface area contributed by atoms with E-state index in [1.165, 1.54) is 0 Å². The zero-order valence-electron chi connectivity index (χ0n) is 11.8. The number of rotatable bonds is 6. The van der Waals surface area contributed by atoms with Crippen LogP contribution >= 0.6 is 0 Å². The summed E-state index contributed by atoms with van der Waals surface area (Å²) in [6.45, 7) is 4.88. The number of nitrogens with zero attached hydrogens (tertiary/aromatic N) is 1. The Morgan fingerprint density at radius 3 is 2.40 bits per heavy atom. The van der Waals surface area contributed by atoms with E-state index in [9.17, 15) is 14.4 Å². The van der Waals surface area contributed by atoms with Crippen LogP contribution in [0.3, 0.4) is 0 Å². The first-order valence-electron chi connectivity index (χ1n) is 6.71. The summed E-state index contributed by atoms with van der Waals surface area (Å²) in [6.07, 6.45) is 3.56. The van der Waals surface area contributed by atoms with E-state index < -0.39 is 17.9 Å². The van der Waals surface area contributed by atoms with Gasteiger partial charge in [-0.15, -0.1) is 0 Å². The maximum Gasteiger partial charge on any atom is 0.315 e. The van der Waals surface area contributed by atoms with Crippen molar-refractivity contribution in [2.45, 2.75) is 26.3 Å². The van der Waals surface area contributed by atoms with Gasteiger partial charge < -0.3 is 20.6 Å². The van der Waals surface area contributed by atoms with Gasteiger partial charge in [0.1, 0.15) is 0 Å². The quantitative estimate of drug-likeness (QED) is 0.606. The number of hydrogen-bond acceptors (Lipinski definition) is 3. The Bertz CT molecular complexity index is 404. The van der Waals surface area contributed by atoms with Crippen LogP contribution in [0.1, 0.15) is 20.3 Å². The summed E-state index contributed by atoms with van der Waals surface area (Å²) >= 11 is 0. The second kappa shape index (κ2) is 7.52. The molecule has 1 aliphatic rings. The summed E-state index contributed by atoms with van der Waals surface area (Å²) in [5, 5.41) is 13.9. The number of likely N-dealkylation sites (N-methyl/N-ethyl adjacent to an activating group) is 1. The third-order valence-corrected chi connectivity index (χ3v) is 3.23. The summed E-state index contributed by atoms with van der Waals surface area (Å²) in [7, 11) is 0. The van der Waals surface area contributed by atoms with Crippen molar-refractivity contribution in [1.29, 1.82) is 0 Å². The molecule has 3 amide bonds. The molecule has 0 fully saturated rings. The van der Waals surface area contributed by atoms with Gasteiger partial charge in [0.25, 0.3) is 0 Å². The van der Waals surface area contributed by atoms with Crippen LogP contribution in [0.15, 0.2) is 12.2 Å². The Balaban J connectivity index is 2.30. The Hall–Kier alpha value is -2.05. The second-order valence-corrected chi connectivity index (χ2v) is 4.56. The highest BCUT2D eigenvalue weighted by atomic mass is 16.4. The molecule has 0 saturated carbocycles. The largest absolute Gasteiger partial charge is 0.481 e. The SMILES string of the molecule is CCN(CC)C(=O)CNC(=O)NC1C=CC(C(=O)O)C1. The Morgan fingerprint density at radius 2 is 1.90 bits per heavy atom. The fourth-order valence-electron chi connectivity index (χ4n) is 2.05. The Labute approximate surface area is 118 Å². The molecule has 3 N–H and O–H groups in total. The van der Waals surface area contributed by atoms with Crippen molar-refractivity contribution >= 4 is 17.9 Å². The molecule has 0 spiro atoms. The van der Waals surface area contributed by atoms with Gasteiger partial charge in [0.05, 0.1) is 18.5 Å². The molecule has 0 aliphatic heterocycles. The predicted molar refractivity (Wildman–Crippen MR) is 73.1 cm³/mol. The highest BCUT2D eigenvalue weighted by Gasteiger charge is 2.25. The lowest BCUT2D eigenvalue weighted by molar-refractivity contribution is -0.140. The lowest BCUT2D eigenvalue weighted by atomic mass is 10.1. The fourth-order valence-corrected chi connectivity index (χ4v) is 2.05. The number of amides is 3. The van der Waals surface area contributed by atoms with Crippen molar-refractivity contribution in [1.82, 2.24) is 15.5 Å². The van der Waals surface area contributed by atoms with Gasteiger partial charge in [-0.25, -0.2) is 4.79 Å². The number of urea groups is 1. The number of carboxylic acids is 1. The van der Waals surface area contributed by atoms with E-state index in [4.69, 9.17) is 5.11 Å². The van der Waals surface area contributed by atoms with Gasteiger partial charge in [-0.3, -0.25) is 9.59 Å². The van der Waals surface area contributed by atoms with Gasteiger partial charge in [-0.1, -0.05) is 12.2 Å². The van der Waals surface area contributed by atoms with E-state index in [0.717, 1.165) is 0 Å². The first-order chi connectivity index (χ1) is 9.47. The first kappa shape index (κ1) is 16.0. The van der Waals surface area contributed by atoms with E-state index in [0.29, 0.717) is 19.5 Å². The van der Waals surface area contributed by atoms with Crippen molar-refractivity contribution in [2.24, 2.45) is 5.92 Å². The van der Waals surface area contributed by atoms with Crippen LogP contribution in [0.25, 0.3) is 0 Å². The molecule has 112 valence electrons. The van der Waals surface area contributed by atoms with Crippen molar-refractivity contribution < 1.29 is 19.5 Å². The smallest absolute Gasteiger partial charge is 0.315 e. The Morgan fingerprint density at radius 1 is 1.25 bits per heavy atom.